The van der Waals surface area contributed by atoms with Crippen LogP contribution in [0.4, 0.5) is 0 Å². The van der Waals surface area contributed by atoms with Gasteiger partial charge in [0.25, 0.3) is 0 Å². The molecule has 0 amide bonds. The van der Waals surface area contributed by atoms with Gasteiger partial charge in [-0.05, 0) is 81.1 Å². The molecule has 2 saturated heterocycles. The Labute approximate surface area is 205 Å². The van der Waals surface area contributed by atoms with Gasteiger partial charge in [-0.2, -0.15) is 0 Å². The topological polar surface area (TPSA) is 6.48 Å². The van der Waals surface area contributed by atoms with Crippen molar-refractivity contribution in [3.8, 4) is 0 Å². The van der Waals surface area contributed by atoms with E-state index in [9.17, 15) is 0 Å². The first kappa shape index (κ1) is 22.3. The maximum Gasteiger partial charge on any atom is 0.0595 e. The predicted molar refractivity (Wildman–Crippen MR) is 132 cm³/mol. The Morgan fingerprint density at radius 2 is 1.35 bits per heavy atom. The highest BCUT2D eigenvalue weighted by atomic mass is 35.5. The lowest BCUT2D eigenvalue weighted by molar-refractivity contribution is 0.284. The fraction of sp³-hybridized carbons (Fsp3) is 0.520. The van der Waals surface area contributed by atoms with E-state index in [1.807, 2.05) is 18.2 Å². The molecule has 166 valence electrons. The zero-order valence-corrected chi connectivity index (χ0v) is 21.2. The molecular weight excluding hydrogens is 470 g/mol. The van der Waals surface area contributed by atoms with Crippen molar-refractivity contribution in [3.63, 3.8) is 0 Å². The number of hydrogen-bond donors (Lipinski definition) is 0. The third kappa shape index (κ3) is 3.72. The van der Waals surface area contributed by atoms with E-state index in [-0.39, 0.29) is 0 Å². The van der Waals surface area contributed by atoms with E-state index < -0.39 is 0 Å². The summed E-state index contributed by atoms with van der Waals surface area (Å²) in [6.07, 6.45) is 2.62. The molecule has 3 unspecified atom stereocenters. The molecule has 0 radical (unpaired) electrons. The molecule has 2 heterocycles. The third-order valence-electron chi connectivity index (χ3n) is 8.25. The number of hydrogen-bond acceptors (Lipinski definition) is 2. The Kier molecular flexibility index (Phi) is 5.61. The van der Waals surface area contributed by atoms with Crippen LogP contribution in [0.15, 0.2) is 36.4 Å². The molecule has 2 aromatic carbocycles. The van der Waals surface area contributed by atoms with Gasteiger partial charge in [-0.3, -0.25) is 0 Å². The highest BCUT2D eigenvalue weighted by Crippen LogP contribution is 2.62. The number of likely N-dealkylation sites (tertiary alicyclic amines) is 2. The lowest BCUT2D eigenvalue weighted by Crippen LogP contribution is -2.27. The Balaban J connectivity index is 0.000000132. The number of rotatable bonds is 2. The van der Waals surface area contributed by atoms with Crippen LogP contribution in [0.3, 0.4) is 0 Å². The smallest absolute Gasteiger partial charge is 0.0595 e. The summed E-state index contributed by atoms with van der Waals surface area (Å²) in [5.41, 5.74) is 3.49. The van der Waals surface area contributed by atoms with E-state index in [2.05, 4.69) is 49.0 Å². The maximum atomic E-state index is 6.10. The zero-order valence-electron chi connectivity index (χ0n) is 18.1. The summed E-state index contributed by atoms with van der Waals surface area (Å²) in [6.45, 7) is 5.85. The van der Waals surface area contributed by atoms with Crippen molar-refractivity contribution in [1.82, 2.24) is 9.80 Å². The number of halogens is 4. The van der Waals surface area contributed by atoms with Gasteiger partial charge in [0.2, 0.25) is 0 Å². The molecule has 5 atom stereocenters. The quantitative estimate of drug-likeness (QED) is 0.451. The molecular formula is C25H28Cl4N2. The number of nitrogens with zero attached hydrogens (tertiary/aromatic N) is 2. The molecule has 0 bridgehead atoms. The first-order valence-electron chi connectivity index (χ1n) is 11.0. The molecule has 6 rings (SSSR count). The van der Waals surface area contributed by atoms with Crippen molar-refractivity contribution in [1.29, 1.82) is 0 Å². The van der Waals surface area contributed by atoms with E-state index in [0.717, 1.165) is 24.9 Å². The van der Waals surface area contributed by atoms with Crippen molar-refractivity contribution >= 4 is 46.4 Å². The van der Waals surface area contributed by atoms with Gasteiger partial charge in [0.1, 0.15) is 0 Å². The van der Waals surface area contributed by atoms with Gasteiger partial charge in [0.05, 0.1) is 20.1 Å². The lowest BCUT2D eigenvalue weighted by Gasteiger charge is -2.20. The highest BCUT2D eigenvalue weighted by Gasteiger charge is 2.63. The summed E-state index contributed by atoms with van der Waals surface area (Å²) in [4.78, 5) is 4.84. The summed E-state index contributed by atoms with van der Waals surface area (Å²) in [5.74, 6) is 1.63. The average Bonchev–Trinajstić information content (AvgIpc) is 3.57. The summed E-state index contributed by atoms with van der Waals surface area (Å²) < 4.78 is 0. The highest BCUT2D eigenvalue weighted by molar-refractivity contribution is 6.42. The minimum absolute atomic E-state index is 0.363. The molecule has 0 N–H and O–H groups in total. The molecule has 0 spiro atoms. The summed E-state index contributed by atoms with van der Waals surface area (Å²) in [6, 6.07) is 12.9. The number of fused-ring (bicyclic) bond motifs is 2. The molecule has 0 aromatic heterocycles. The molecule has 6 heteroatoms. The standard InChI is InChI=1S/C13H15Cl2N.C12H13Cl2N/c1-8-10-6-13(10,7-16(8)2)9-3-4-11(14)12(15)5-9;1-15-6-9-5-12(9,7-15)8-2-3-10(13)11(14)4-8/h3-5,8,10H,6-7H2,1-2H3;2-4,9H,5-7H2,1H3/t;9-,12+/m.1/s1. The second-order valence-corrected chi connectivity index (χ2v) is 11.8. The summed E-state index contributed by atoms with van der Waals surface area (Å²) >= 11 is 24.1. The molecule has 2 saturated carbocycles. The number of benzene rings is 2. The fourth-order valence-corrected chi connectivity index (χ4v) is 6.86. The van der Waals surface area contributed by atoms with Crippen molar-refractivity contribution in [2.45, 2.75) is 36.6 Å². The Morgan fingerprint density at radius 3 is 1.81 bits per heavy atom. The van der Waals surface area contributed by atoms with Crippen LogP contribution in [-0.2, 0) is 10.8 Å². The first-order valence-corrected chi connectivity index (χ1v) is 12.5. The van der Waals surface area contributed by atoms with Crippen molar-refractivity contribution in [2.24, 2.45) is 11.8 Å². The van der Waals surface area contributed by atoms with E-state index in [1.165, 1.54) is 30.5 Å². The largest absolute Gasteiger partial charge is 0.305 e. The van der Waals surface area contributed by atoms with Gasteiger partial charge in [-0.25, -0.2) is 0 Å². The Hall–Kier alpha value is -0.480. The van der Waals surface area contributed by atoms with Gasteiger partial charge in [-0.1, -0.05) is 58.5 Å². The Morgan fingerprint density at radius 1 is 0.774 bits per heavy atom. The van der Waals surface area contributed by atoms with Crippen LogP contribution in [0.1, 0.15) is 30.9 Å². The molecule has 2 aromatic rings. The molecule has 2 nitrogen and oxygen atoms in total. The van der Waals surface area contributed by atoms with Gasteiger partial charge in [0.15, 0.2) is 0 Å². The second-order valence-electron chi connectivity index (χ2n) is 10.1. The Bertz CT molecular complexity index is 1030. The van der Waals surface area contributed by atoms with Crippen LogP contribution in [0, 0.1) is 11.8 Å². The minimum Gasteiger partial charge on any atom is -0.305 e. The molecule has 2 aliphatic carbocycles. The van der Waals surface area contributed by atoms with E-state index in [1.54, 1.807) is 0 Å². The first-order chi connectivity index (χ1) is 14.7. The maximum absolute atomic E-state index is 6.10. The van der Waals surface area contributed by atoms with Crippen molar-refractivity contribution in [3.05, 3.63) is 67.6 Å². The summed E-state index contributed by atoms with van der Waals surface area (Å²) in [7, 11) is 4.39. The number of likely N-dealkylation sites (N-methyl/N-ethyl adjacent to an activating group) is 2. The molecule has 4 aliphatic rings. The SMILES string of the molecule is CC1C2CC2(c2ccc(Cl)c(Cl)c2)CN1C.CN1C[C@H]2C[C@@]2(c2ccc(Cl)c(Cl)c2)C1. The molecule has 31 heavy (non-hydrogen) atoms. The second kappa shape index (κ2) is 7.79. The minimum atomic E-state index is 0.363. The average molecular weight is 498 g/mol. The fourth-order valence-electron chi connectivity index (χ4n) is 6.26. The van der Waals surface area contributed by atoms with Crippen molar-refractivity contribution in [2.75, 3.05) is 33.7 Å². The molecule has 4 fully saturated rings. The van der Waals surface area contributed by atoms with E-state index in [0.29, 0.717) is 37.0 Å². The van der Waals surface area contributed by atoms with Crippen molar-refractivity contribution < 1.29 is 0 Å². The van der Waals surface area contributed by atoms with E-state index >= 15 is 0 Å². The predicted octanol–water partition coefficient (Wildman–Crippen LogP) is 6.78. The zero-order chi connectivity index (χ0) is 22.1. The normalized spacial score (nSPS) is 35.9. The van der Waals surface area contributed by atoms with Crippen LogP contribution in [0.25, 0.3) is 0 Å². The van der Waals surface area contributed by atoms with Crippen LogP contribution in [0.5, 0.6) is 0 Å². The molecule has 2 aliphatic heterocycles. The van der Waals surface area contributed by atoms with Gasteiger partial charge in [-0.15, -0.1) is 0 Å². The van der Waals surface area contributed by atoms with Gasteiger partial charge in [0, 0.05) is 36.5 Å². The van der Waals surface area contributed by atoms with Crippen LogP contribution >= 0.6 is 46.4 Å². The third-order valence-corrected chi connectivity index (χ3v) is 9.73. The van der Waals surface area contributed by atoms with Gasteiger partial charge >= 0.3 is 0 Å². The van der Waals surface area contributed by atoms with Crippen LogP contribution in [0.2, 0.25) is 20.1 Å². The number of piperidine rings is 2. The van der Waals surface area contributed by atoms with Gasteiger partial charge < -0.3 is 9.80 Å². The lowest BCUT2D eigenvalue weighted by atomic mass is 9.94. The van der Waals surface area contributed by atoms with Crippen LogP contribution < -0.4 is 0 Å². The van der Waals surface area contributed by atoms with Crippen LogP contribution in [-0.4, -0.2) is 49.6 Å². The monoisotopic (exact) mass is 496 g/mol. The summed E-state index contributed by atoms with van der Waals surface area (Å²) in [5, 5.41) is 2.67. The van der Waals surface area contributed by atoms with E-state index in [4.69, 9.17) is 46.4 Å².